The van der Waals surface area contributed by atoms with Crippen LogP contribution in [0.25, 0.3) is 0 Å². The average Bonchev–Trinajstić information content (AvgIpc) is 2.60. The van der Waals surface area contributed by atoms with Gasteiger partial charge >= 0.3 is 0 Å². The molecule has 1 N–H and O–H groups in total. The maximum atomic E-state index is 5.70. The van der Waals surface area contributed by atoms with Gasteiger partial charge in [0.2, 0.25) is 0 Å². The number of hydrogen-bond donors (Lipinski definition) is 1. The minimum atomic E-state index is 0.138. The van der Waals surface area contributed by atoms with E-state index in [1.165, 1.54) is 0 Å². The number of ether oxygens (including phenoxy) is 3. The molecule has 0 aliphatic carbocycles. The van der Waals surface area contributed by atoms with E-state index < -0.39 is 0 Å². The first-order valence-corrected chi connectivity index (χ1v) is 8.75. The maximum Gasteiger partial charge on any atom is 0.161 e. The lowest BCUT2D eigenvalue weighted by Gasteiger charge is -2.11. The van der Waals surface area contributed by atoms with Crippen LogP contribution in [0.3, 0.4) is 0 Å². The molecule has 25 heavy (non-hydrogen) atoms. The van der Waals surface area contributed by atoms with Crippen molar-refractivity contribution >= 4 is 22.1 Å². The Bertz CT molecular complexity index is 733. The summed E-state index contributed by atoms with van der Waals surface area (Å²) in [6, 6.07) is 11.6. The van der Waals surface area contributed by atoms with E-state index in [1.807, 2.05) is 50.2 Å². The zero-order valence-corrected chi connectivity index (χ0v) is 16.5. The molecular weight excluding hydrogens is 384 g/mol. The molecule has 0 radical (unpaired) electrons. The first-order chi connectivity index (χ1) is 12.0. The smallest absolute Gasteiger partial charge is 0.161 e. The second-order valence-corrected chi connectivity index (χ2v) is 6.49. The lowest BCUT2D eigenvalue weighted by molar-refractivity contribution is 0.241. The number of nitrogens with one attached hydrogen (secondary N) is 1. The second-order valence-electron chi connectivity index (χ2n) is 5.64. The van der Waals surface area contributed by atoms with Gasteiger partial charge in [0.05, 0.1) is 37.6 Å². The zero-order chi connectivity index (χ0) is 18.2. The van der Waals surface area contributed by atoms with E-state index in [9.17, 15) is 0 Å². The summed E-state index contributed by atoms with van der Waals surface area (Å²) in [6.45, 7) is 4.59. The van der Waals surface area contributed by atoms with E-state index >= 15 is 0 Å². The third-order valence-electron chi connectivity index (χ3n) is 3.35. The van der Waals surface area contributed by atoms with Crippen LogP contribution in [-0.4, -0.2) is 26.5 Å². The highest BCUT2D eigenvalue weighted by Crippen LogP contribution is 2.28. The Morgan fingerprint density at radius 3 is 2.40 bits per heavy atom. The van der Waals surface area contributed by atoms with Gasteiger partial charge in [0.1, 0.15) is 5.75 Å². The molecule has 2 rings (SSSR count). The SMILES string of the molecule is COc1ccc(CN/N=C/c2ccc(OC(C)C)c(Br)c2)cc1OC. The summed E-state index contributed by atoms with van der Waals surface area (Å²) in [5, 5.41) is 4.26. The molecule has 0 saturated heterocycles. The van der Waals surface area contributed by atoms with E-state index in [4.69, 9.17) is 14.2 Å². The molecule has 0 heterocycles. The van der Waals surface area contributed by atoms with Crippen molar-refractivity contribution in [3.05, 3.63) is 52.0 Å². The Kier molecular flexibility index (Phi) is 7.13. The number of hydrazone groups is 1. The number of nitrogens with zero attached hydrogens (tertiary/aromatic N) is 1. The fourth-order valence-electron chi connectivity index (χ4n) is 2.19. The molecule has 0 fully saturated rings. The van der Waals surface area contributed by atoms with Crippen LogP contribution in [0.5, 0.6) is 17.2 Å². The van der Waals surface area contributed by atoms with Crippen molar-refractivity contribution in [2.24, 2.45) is 5.10 Å². The highest BCUT2D eigenvalue weighted by atomic mass is 79.9. The Morgan fingerprint density at radius 2 is 1.76 bits per heavy atom. The monoisotopic (exact) mass is 406 g/mol. The molecule has 0 spiro atoms. The summed E-state index contributed by atoms with van der Waals surface area (Å²) in [5.74, 6) is 2.24. The molecule has 0 aromatic heterocycles. The molecule has 0 unspecified atom stereocenters. The van der Waals surface area contributed by atoms with Gasteiger partial charge in [-0.15, -0.1) is 0 Å². The molecular formula is C19H23BrN2O3. The standard InChI is InChI=1S/C19H23BrN2O3/c1-13(2)25-17-7-5-14(9-16(17)20)11-21-22-12-15-6-8-18(23-3)19(10-15)24-4/h5-11,13,22H,12H2,1-4H3/b21-11+. The van der Waals surface area contributed by atoms with Gasteiger partial charge in [-0.2, -0.15) is 5.10 Å². The molecule has 5 nitrogen and oxygen atoms in total. The molecule has 0 atom stereocenters. The van der Waals surface area contributed by atoms with Crippen molar-refractivity contribution in [1.82, 2.24) is 5.43 Å². The molecule has 0 amide bonds. The van der Waals surface area contributed by atoms with Crippen molar-refractivity contribution in [1.29, 1.82) is 0 Å². The molecule has 0 aliphatic heterocycles. The van der Waals surface area contributed by atoms with Gasteiger partial charge in [0, 0.05) is 0 Å². The van der Waals surface area contributed by atoms with Crippen LogP contribution in [-0.2, 0) is 6.54 Å². The normalized spacial score (nSPS) is 11.0. The van der Waals surface area contributed by atoms with E-state index in [1.54, 1.807) is 20.4 Å². The Morgan fingerprint density at radius 1 is 1.04 bits per heavy atom. The van der Waals surface area contributed by atoms with Crippen molar-refractivity contribution in [3.63, 3.8) is 0 Å². The van der Waals surface area contributed by atoms with Crippen LogP contribution < -0.4 is 19.6 Å². The Labute approximate surface area is 157 Å². The van der Waals surface area contributed by atoms with E-state index in [0.29, 0.717) is 18.0 Å². The summed E-state index contributed by atoms with van der Waals surface area (Å²) in [7, 11) is 3.24. The van der Waals surface area contributed by atoms with Gasteiger partial charge in [-0.25, -0.2) is 0 Å². The lowest BCUT2D eigenvalue weighted by atomic mass is 10.2. The van der Waals surface area contributed by atoms with Crippen LogP contribution in [0.2, 0.25) is 0 Å². The quantitative estimate of drug-likeness (QED) is 0.521. The molecule has 134 valence electrons. The van der Waals surface area contributed by atoms with Crippen LogP contribution in [0.1, 0.15) is 25.0 Å². The summed E-state index contributed by atoms with van der Waals surface area (Å²) >= 11 is 3.52. The predicted molar refractivity (Wildman–Crippen MR) is 104 cm³/mol. The summed E-state index contributed by atoms with van der Waals surface area (Å²) in [6.07, 6.45) is 1.91. The Balaban J connectivity index is 1.94. The topological polar surface area (TPSA) is 52.1 Å². The zero-order valence-electron chi connectivity index (χ0n) is 14.9. The van der Waals surface area contributed by atoms with Crippen LogP contribution in [0, 0.1) is 0 Å². The molecule has 2 aromatic rings. The summed E-state index contributed by atoms with van der Waals surface area (Å²) < 4.78 is 17.1. The fourth-order valence-corrected chi connectivity index (χ4v) is 2.68. The van der Waals surface area contributed by atoms with Crippen molar-refractivity contribution in [2.45, 2.75) is 26.5 Å². The third kappa shape index (κ3) is 5.67. The minimum Gasteiger partial charge on any atom is -0.493 e. The fraction of sp³-hybridized carbons (Fsp3) is 0.316. The highest BCUT2D eigenvalue weighted by molar-refractivity contribution is 9.10. The molecule has 0 aliphatic rings. The maximum absolute atomic E-state index is 5.70. The number of hydrogen-bond acceptors (Lipinski definition) is 5. The van der Waals surface area contributed by atoms with Crippen LogP contribution in [0.4, 0.5) is 0 Å². The second kappa shape index (κ2) is 9.32. The number of rotatable bonds is 8. The lowest BCUT2D eigenvalue weighted by Crippen LogP contribution is -2.07. The van der Waals surface area contributed by atoms with Crippen LogP contribution >= 0.6 is 15.9 Å². The Hall–Kier alpha value is -2.21. The molecule has 0 bridgehead atoms. The van der Waals surface area contributed by atoms with Crippen molar-refractivity contribution in [3.8, 4) is 17.2 Å². The average molecular weight is 407 g/mol. The summed E-state index contributed by atoms with van der Waals surface area (Å²) in [4.78, 5) is 0. The highest BCUT2D eigenvalue weighted by Gasteiger charge is 2.05. The van der Waals surface area contributed by atoms with Gasteiger partial charge in [-0.3, -0.25) is 0 Å². The minimum absolute atomic E-state index is 0.138. The third-order valence-corrected chi connectivity index (χ3v) is 3.97. The summed E-state index contributed by atoms with van der Waals surface area (Å²) in [5.41, 5.74) is 5.06. The number of benzene rings is 2. The van der Waals surface area contributed by atoms with Gasteiger partial charge < -0.3 is 19.6 Å². The van der Waals surface area contributed by atoms with Gasteiger partial charge in [-0.1, -0.05) is 6.07 Å². The van der Waals surface area contributed by atoms with Crippen molar-refractivity contribution in [2.75, 3.05) is 14.2 Å². The van der Waals surface area contributed by atoms with Gasteiger partial charge in [-0.05, 0) is 71.2 Å². The first-order valence-electron chi connectivity index (χ1n) is 7.96. The van der Waals surface area contributed by atoms with Crippen LogP contribution in [0.15, 0.2) is 46.0 Å². The molecule has 2 aromatic carbocycles. The van der Waals surface area contributed by atoms with E-state index in [2.05, 4.69) is 26.5 Å². The number of halogens is 1. The van der Waals surface area contributed by atoms with Crippen molar-refractivity contribution < 1.29 is 14.2 Å². The first kappa shape index (κ1) is 19.1. The predicted octanol–water partition coefficient (Wildman–Crippen LogP) is 4.38. The number of methoxy groups -OCH3 is 2. The van der Waals surface area contributed by atoms with Gasteiger partial charge in [0.15, 0.2) is 11.5 Å². The largest absolute Gasteiger partial charge is 0.493 e. The van der Waals surface area contributed by atoms with Gasteiger partial charge in [0.25, 0.3) is 0 Å². The van der Waals surface area contributed by atoms with E-state index in [0.717, 1.165) is 21.3 Å². The van der Waals surface area contributed by atoms with E-state index in [-0.39, 0.29) is 6.10 Å². The molecule has 0 saturated carbocycles. The molecule has 6 heteroatoms.